The van der Waals surface area contributed by atoms with Crippen LogP contribution in [0.2, 0.25) is 5.02 Å². The highest BCUT2D eigenvalue weighted by atomic mass is 35.5. The lowest BCUT2D eigenvalue weighted by Gasteiger charge is -2.15. The van der Waals surface area contributed by atoms with Crippen molar-refractivity contribution in [2.24, 2.45) is 7.05 Å². The molecule has 0 radical (unpaired) electrons. The Morgan fingerprint density at radius 2 is 2.04 bits per heavy atom. The SMILES string of the molecule is Cc1nn(C)cc1NC(=O)[C@@H](C)n1nc(C(F)(F)F)c(Cl)c1C1CC1. The summed E-state index contributed by atoms with van der Waals surface area (Å²) in [6.07, 6.45) is -1.57. The van der Waals surface area contributed by atoms with Crippen molar-refractivity contribution in [2.45, 2.75) is 44.8 Å². The topological polar surface area (TPSA) is 64.7 Å². The number of hydrogen-bond donors (Lipinski definition) is 1. The first-order valence-corrected chi connectivity index (χ1v) is 8.13. The molecule has 0 aromatic carbocycles. The summed E-state index contributed by atoms with van der Waals surface area (Å²) in [6, 6.07) is -0.941. The molecule has 1 aliphatic carbocycles. The number of carbonyl (C=O) groups excluding carboxylic acids is 1. The molecule has 2 aromatic rings. The fourth-order valence-corrected chi connectivity index (χ4v) is 3.08. The molecule has 2 heterocycles. The molecule has 6 nitrogen and oxygen atoms in total. The van der Waals surface area contributed by atoms with Crippen molar-refractivity contribution in [1.29, 1.82) is 0 Å². The predicted molar refractivity (Wildman–Crippen MR) is 85.5 cm³/mol. The van der Waals surface area contributed by atoms with Crippen molar-refractivity contribution in [3.8, 4) is 0 Å². The van der Waals surface area contributed by atoms with E-state index in [4.69, 9.17) is 11.6 Å². The first-order chi connectivity index (χ1) is 11.6. The summed E-state index contributed by atoms with van der Waals surface area (Å²) >= 11 is 5.94. The van der Waals surface area contributed by atoms with Gasteiger partial charge < -0.3 is 5.32 Å². The summed E-state index contributed by atoms with van der Waals surface area (Å²) < 4.78 is 42.0. The molecular formula is C15H17ClF3N5O. The molecule has 10 heteroatoms. The number of rotatable bonds is 4. The summed E-state index contributed by atoms with van der Waals surface area (Å²) in [6.45, 7) is 3.22. The second kappa shape index (κ2) is 6.05. The number of halogens is 4. The first kappa shape index (κ1) is 17.8. The maximum absolute atomic E-state index is 13.1. The van der Waals surface area contributed by atoms with Crippen LogP contribution in [0.3, 0.4) is 0 Å². The van der Waals surface area contributed by atoms with E-state index in [2.05, 4.69) is 15.5 Å². The van der Waals surface area contributed by atoms with Crippen LogP contribution >= 0.6 is 11.6 Å². The van der Waals surface area contributed by atoms with E-state index in [0.29, 0.717) is 11.4 Å². The average molecular weight is 376 g/mol. The molecule has 1 fully saturated rings. The number of nitrogens with one attached hydrogen (secondary N) is 1. The fraction of sp³-hybridized carbons (Fsp3) is 0.533. The summed E-state index contributed by atoms with van der Waals surface area (Å²) in [5.41, 5.74) is 0.245. The number of alkyl halides is 3. The van der Waals surface area contributed by atoms with Gasteiger partial charge in [-0.2, -0.15) is 23.4 Å². The van der Waals surface area contributed by atoms with Crippen LogP contribution in [-0.4, -0.2) is 25.5 Å². The van der Waals surface area contributed by atoms with Crippen molar-refractivity contribution in [3.63, 3.8) is 0 Å². The quantitative estimate of drug-likeness (QED) is 0.886. The van der Waals surface area contributed by atoms with Crippen molar-refractivity contribution < 1.29 is 18.0 Å². The summed E-state index contributed by atoms with van der Waals surface area (Å²) in [5.74, 6) is -0.572. The number of amides is 1. The highest BCUT2D eigenvalue weighted by molar-refractivity contribution is 6.32. The molecule has 0 saturated heterocycles. The summed E-state index contributed by atoms with van der Waals surface area (Å²) in [4.78, 5) is 12.5. The third-order valence-corrected chi connectivity index (χ3v) is 4.51. The maximum atomic E-state index is 13.1. The van der Waals surface area contributed by atoms with Gasteiger partial charge in [0.1, 0.15) is 6.04 Å². The minimum atomic E-state index is -4.66. The zero-order chi connectivity index (χ0) is 18.5. The van der Waals surface area contributed by atoms with E-state index in [9.17, 15) is 18.0 Å². The van der Waals surface area contributed by atoms with E-state index >= 15 is 0 Å². The van der Waals surface area contributed by atoms with E-state index in [1.807, 2.05) is 0 Å². The molecule has 2 aromatic heterocycles. The van der Waals surface area contributed by atoms with Crippen LogP contribution in [0.4, 0.5) is 18.9 Å². The molecule has 1 saturated carbocycles. The van der Waals surface area contributed by atoms with Crippen LogP contribution < -0.4 is 5.32 Å². The van der Waals surface area contributed by atoms with Gasteiger partial charge in [0.15, 0.2) is 5.69 Å². The minimum absolute atomic E-state index is 0.0912. The lowest BCUT2D eigenvalue weighted by molar-refractivity contribution is -0.141. The Bertz CT molecular complexity index is 822. The third-order valence-electron chi connectivity index (χ3n) is 4.14. The molecular weight excluding hydrogens is 359 g/mol. The van der Waals surface area contributed by atoms with E-state index < -0.39 is 28.8 Å². The Hall–Kier alpha value is -2.03. The lowest BCUT2D eigenvalue weighted by Crippen LogP contribution is -2.26. The number of hydrogen-bond acceptors (Lipinski definition) is 3. The van der Waals surface area contributed by atoms with Gasteiger partial charge in [-0.15, -0.1) is 0 Å². The molecule has 1 aliphatic rings. The molecule has 1 amide bonds. The predicted octanol–water partition coefficient (Wildman–Crippen LogP) is 3.67. The van der Waals surface area contributed by atoms with E-state index in [-0.39, 0.29) is 11.6 Å². The number of carbonyl (C=O) groups is 1. The van der Waals surface area contributed by atoms with Gasteiger partial charge in [0.05, 0.1) is 22.1 Å². The molecule has 1 atom stereocenters. The van der Waals surface area contributed by atoms with Crippen molar-refractivity contribution >= 4 is 23.2 Å². The van der Waals surface area contributed by atoms with Gasteiger partial charge in [0, 0.05) is 19.2 Å². The Morgan fingerprint density at radius 1 is 1.40 bits per heavy atom. The van der Waals surface area contributed by atoms with Crippen LogP contribution in [0.25, 0.3) is 0 Å². The smallest absolute Gasteiger partial charge is 0.321 e. The Morgan fingerprint density at radius 3 is 2.52 bits per heavy atom. The van der Waals surface area contributed by atoms with Gasteiger partial charge in [-0.1, -0.05) is 11.6 Å². The Kier molecular flexibility index (Phi) is 4.30. The molecule has 0 bridgehead atoms. The van der Waals surface area contributed by atoms with E-state index in [0.717, 1.165) is 17.5 Å². The standard InChI is InChI=1S/C15H17ClF3N5O/c1-7-10(6-23(3)21-7)20-14(25)8(2)24-12(9-4-5-9)11(16)13(22-24)15(17,18)19/h6,8-9H,4-5H2,1-3H3,(H,20,25)/t8-/m1/s1. The van der Waals surface area contributed by atoms with Crippen LogP contribution in [0.1, 0.15) is 48.8 Å². The summed E-state index contributed by atoms with van der Waals surface area (Å²) in [7, 11) is 1.71. The highest BCUT2D eigenvalue weighted by Gasteiger charge is 2.43. The molecule has 3 rings (SSSR count). The van der Waals surface area contributed by atoms with Gasteiger partial charge in [-0.25, -0.2) is 0 Å². The fourth-order valence-electron chi connectivity index (χ4n) is 2.70. The molecule has 0 spiro atoms. The highest BCUT2D eigenvalue weighted by Crippen LogP contribution is 2.47. The van der Waals surface area contributed by atoms with Crippen LogP contribution in [-0.2, 0) is 18.0 Å². The van der Waals surface area contributed by atoms with Gasteiger partial charge >= 0.3 is 6.18 Å². The van der Waals surface area contributed by atoms with Crippen molar-refractivity contribution in [1.82, 2.24) is 19.6 Å². The van der Waals surface area contributed by atoms with E-state index in [1.165, 1.54) is 11.6 Å². The van der Waals surface area contributed by atoms with Crippen LogP contribution in [0.15, 0.2) is 6.20 Å². The molecule has 0 aliphatic heterocycles. The minimum Gasteiger partial charge on any atom is -0.321 e. The van der Waals surface area contributed by atoms with Gasteiger partial charge in [-0.3, -0.25) is 14.2 Å². The Labute approximate surface area is 146 Å². The van der Waals surface area contributed by atoms with Crippen molar-refractivity contribution in [2.75, 3.05) is 5.32 Å². The number of anilines is 1. The third kappa shape index (κ3) is 3.37. The first-order valence-electron chi connectivity index (χ1n) is 7.75. The number of aryl methyl sites for hydroxylation is 2. The average Bonchev–Trinajstić information content (AvgIpc) is 3.19. The maximum Gasteiger partial charge on any atom is 0.436 e. The van der Waals surface area contributed by atoms with Crippen LogP contribution in [0.5, 0.6) is 0 Å². The normalized spacial score (nSPS) is 16.1. The number of aromatic nitrogens is 4. The van der Waals surface area contributed by atoms with Crippen LogP contribution in [0, 0.1) is 6.92 Å². The summed E-state index contributed by atoms with van der Waals surface area (Å²) in [5, 5.41) is 9.99. The molecule has 1 N–H and O–H groups in total. The lowest BCUT2D eigenvalue weighted by atomic mass is 10.2. The van der Waals surface area contributed by atoms with Crippen molar-refractivity contribution in [3.05, 3.63) is 28.3 Å². The van der Waals surface area contributed by atoms with E-state index in [1.54, 1.807) is 20.2 Å². The second-order valence-electron chi connectivity index (χ2n) is 6.23. The van der Waals surface area contributed by atoms with Gasteiger partial charge in [0.2, 0.25) is 5.91 Å². The largest absolute Gasteiger partial charge is 0.436 e. The monoisotopic (exact) mass is 375 g/mol. The zero-order valence-electron chi connectivity index (χ0n) is 13.9. The molecule has 136 valence electrons. The Balaban J connectivity index is 1.92. The molecule has 25 heavy (non-hydrogen) atoms. The number of nitrogens with zero attached hydrogens (tertiary/aromatic N) is 4. The van der Waals surface area contributed by atoms with Gasteiger partial charge in [-0.05, 0) is 26.7 Å². The second-order valence-corrected chi connectivity index (χ2v) is 6.61. The molecule has 0 unspecified atom stereocenters. The van der Waals surface area contributed by atoms with Gasteiger partial charge in [0.25, 0.3) is 0 Å². The zero-order valence-corrected chi connectivity index (χ0v) is 14.6.